The third-order valence-corrected chi connectivity index (χ3v) is 6.64. The van der Waals surface area contributed by atoms with Gasteiger partial charge in [-0.15, -0.1) is 0 Å². The number of nitrogens with zero attached hydrogens (tertiary/aromatic N) is 3. The molecule has 31 heavy (non-hydrogen) atoms. The Morgan fingerprint density at radius 3 is 2.58 bits per heavy atom. The Bertz CT molecular complexity index is 1020. The number of para-hydroxylation sites is 1. The van der Waals surface area contributed by atoms with Crippen molar-refractivity contribution in [2.75, 3.05) is 23.3 Å². The number of aryl methyl sites for hydroxylation is 1. The van der Waals surface area contributed by atoms with Gasteiger partial charge in [-0.1, -0.05) is 57.2 Å². The Balaban J connectivity index is 1.60. The van der Waals surface area contributed by atoms with Crippen LogP contribution in [0.1, 0.15) is 58.2 Å². The Kier molecular flexibility index (Phi) is 6.46. The molecule has 0 bridgehead atoms. The highest BCUT2D eigenvalue weighted by Gasteiger charge is 2.21. The number of hydrogen-bond donors (Lipinski definition) is 1. The van der Waals surface area contributed by atoms with Gasteiger partial charge >= 0.3 is 0 Å². The van der Waals surface area contributed by atoms with Crippen LogP contribution >= 0.6 is 11.3 Å². The zero-order chi connectivity index (χ0) is 21.8. The maximum atomic E-state index is 6.31. The first-order valence-electron chi connectivity index (χ1n) is 11.2. The van der Waals surface area contributed by atoms with E-state index in [4.69, 9.17) is 9.72 Å². The van der Waals surface area contributed by atoms with Gasteiger partial charge < -0.3 is 15.0 Å². The van der Waals surface area contributed by atoms with Gasteiger partial charge in [0.05, 0.1) is 5.69 Å². The van der Waals surface area contributed by atoms with Crippen LogP contribution in [0.5, 0.6) is 11.6 Å². The lowest BCUT2D eigenvalue weighted by atomic mass is 9.86. The van der Waals surface area contributed by atoms with E-state index in [0.29, 0.717) is 5.88 Å². The van der Waals surface area contributed by atoms with Crippen molar-refractivity contribution in [3.05, 3.63) is 53.9 Å². The topological polar surface area (TPSA) is 50.3 Å². The first kappa shape index (κ1) is 21.6. The Morgan fingerprint density at radius 2 is 1.84 bits per heavy atom. The summed E-state index contributed by atoms with van der Waals surface area (Å²) in [6.45, 7) is 11.0. The molecule has 5 nitrogen and oxygen atoms in total. The van der Waals surface area contributed by atoms with E-state index in [1.165, 1.54) is 30.0 Å². The van der Waals surface area contributed by atoms with Crippen molar-refractivity contribution >= 4 is 27.2 Å². The lowest BCUT2D eigenvalue weighted by Gasteiger charge is -2.27. The monoisotopic (exact) mass is 436 g/mol. The fourth-order valence-electron chi connectivity index (χ4n) is 3.93. The normalized spacial score (nSPS) is 14.5. The summed E-state index contributed by atoms with van der Waals surface area (Å²) in [6, 6.07) is 12.1. The summed E-state index contributed by atoms with van der Waals surface area (Å²) in [6.07, 6.45) is 6.54. The molecule has 0 atom stereocenters. The standard InChI is InChI=1S/C25H32N4OS/c1-5-19-23(29-16-9-6-10-17-29)31-24(27-19)28-20-13-11-15-26-22(20)30-21-14-8-7-12-18(21)25(2,3)4/h7-8,11-15H,5-6,9-10,16-17H2,1-4H3,(H,27,28). The quantitative estimate of drug-likeness (QED) is 0.454. The third kappa shape index (κ3) is 5.01. The van der Waals surface area contributed by atoms with E-state index >= 15 is 0 Å². The molecule has 2 aromatic heterocycles. The van der Waals surface area contributed by atoms with Gasteiger partial charge in [-0.2, -0.15) is 0 Å². The summed E-state index contributed by atoms with van der Waals surface area (Å²) >= 11 is 1.73. The van der Waals surface area contributed by atoms with Gasteiger partial charge in [-0.25, -0.2) is 9.97 Å². The zero-order valence-corrected chi connectivity index (χ0v) is 19.8. The van der Waals surface area contributed by atoms with E-state index in [0.717, 1.165) is 41.6 Å². The molecule has 1 N–H and O–H groups in total. The van der Waals surface area contributed by atoms with Crippen LogP contribution in [0.2, 0.25) is 0 Å². The molecular weight excluding hydrogens is 404 g/mol. The number of anilines is 3. The number of piperidine rings is 1. The third-order valence-electron chi connectivity index (χ3n) is 5.57. The number of ether oxygens (including phenoxy) is 1. The molecule has 0 unspecified atom stereocenters. The molecular formula is C25H32N4OS. The average molecular weight is 437 g/mol. The Hall–Kier alpha value is -2.60. The van der Waals surface area contributed by atoms with Crippen LogP contribution in [0.25, 0.3) is 0 Å². The predicted molar refractivity (Wildman–Crippen MR) is 130 cm³/mol. The highest BCUT2D eigenvalue weighted by molar-refractivity contribution is 7.19. The van der Waals surface area contributed by atoms with E-state index < -0.39 is 0 Å². The van der Waals surface area contributed by atoms with Crippen LogP contribution in [0.3, 0.4) is 0 Å². The Morgan fingerprint density at radius 1 is 1.06 bits per heavy atom. The minimum absolute atomic E-state index is 0.0202. The number of rotatable bonds is 6. The van der Waals surface area contributed by atoms with Crippen molar-refractivity contribution in [1.82, 2.24) is 9.97 Å². The first-order chi connectivity index (χ1) is 15.0. The molecule has 164 valence electrons. The van der Waals surface area contributed by atoms with Crippen molar-refractivity contribution in [1.29, 1.82) is 0 Å². The second kappa shape index (κ2) is 9.27. The largest absolute Gasteiger partial charge is 0.437 e. The van der Waals surface area contributed by atoms with Crippen LogP contribution < -0.4 is 15.0 Å². The second-order valence-electron chi connectivity index (χ2n) is 9.00. The molecule has 1 aliphatic heterocycles. The number of nitrogens with one attached hydrogen (secondary N) is 1. The number of aromatic nitrogens is 2. The van der Waals surface area contributed by atoms with Gasteiger partial charge in [0.25, 0.3) is 0 Å². The molecule has 0 aliphatic carbocycles. The van der Waals surface area contributed by atoms with E-state index in [-0.39, 0.29) is 5.41 Å². The SMILES string of the molecule is CCc1nc(Nc2cccnc2Oc2ccccc2C(C)(C)C)sc1N1CCCCC1. The van der Waals surface area contributed by atoms with Crippen LogP contribution in [0.4, 0.5) is 15.8 Å². The van der Waals surface area contributed by atoms with Gasteiger partial charge in [0, 0.05) is 24.8 Å². The molecule has 1 aromatic carbocycles. The predicted octanol–water partition coefficient (Wildman–Crippen LogP) is 6.92. The maximum absolute atomic E-state index is 6.31. The molecule has 3 aromatic rings. The molecule has 1 saturated heterocycles. The maximum Gasteiger partial charge on any atom is 0.243 e. The van der Waals surface area contributed by atoms with Crippen molar-refractivity contribution in [3.8, 4) is 11.6 Å². The smallest absolute Gasteiger partial charge is 0.243 e. The number of benzene rings is 1. The summed E-state index contributed by atoms with van der Waals surface area (Å²) in [5.41, 5.74) is 3.13. The van der Waals surface area contributed by atoms with E-state index in [1.54, 1.807) is 17.5 Å². The van der Waals surface area contributed by atoms with Crippen LogP contribution in [-0.4, -0.2) is 23.1 Å². The van der Waals surface area contributed by atoms with Crippen molar-refractivity contribution in [3.63, 3.8) is 0 Å². The van der Waals surface area contributed by atoms with Crippen LogP contribution in [-0.2, 0) is 11.8 Å². The van der Waals surface area contributed by atoms with Gasteiger partial charge in [0.2, 0.25) is 5.88 Å². The highest BCUT2D eigenvalue weighted by Crippen LogP contribution is 2.39. The van der Waals surface area contributed by atoms with Crippen molar-refractivity contribution in [2.24, 2.45) is 0 Å². The average Bonchev–Trinajstić information content (AvgIpc) is 3.18. The molecule has 6 heteroatoms. The zero-order valence-electron chi connectivity index (χ0n) is 18.9. The summed E-state index contributed by atoms with van der Waals surface area (Å²) in [5, 5.41) is 5.67. The second-order valence-corrected chi connectivity index (χ2v) is 9.98. The van der Waals surface area contributed by atoms with E-state index in [9.17, 15) is 0 Å². The minimum atomic E-state index is -0.0202. The Labute approximate surface area is 189 Å². The van der Waals surface area contributed by atoms with Crippen molar-refractivity contribution < 1.29 is 4.74 Å². The summed E-state index contributed by atoms with van der Waals surface area (Å²) in [7, 11) is 0. The van der Waals surface area contributed by atoms with Gasteiger partial charge in [0.15, 0.2) is 5.13 Å². The summed E-state index contributed by atoms with van der Waals surface area (Å²) < 4.78 is 6.31. The van der Waals surface area contributed by atoms with Crippen LogP contribution in [0, 0.1) is 0 Å². The fraction of sp³-hybridized carbons (Fsp3) is 0.440. The van der Waals surface area contributed by atoms with E-state index in [1.807, 2.05) is 24.3 Å². The lowest BCUT2D eigenvalue weighted by Crippen LogP contribution is -2.29. The van der Waals surface area contributed by atoms with Crippen molar-refractivity contribution in [2.45, 2.75) is 58.8 Å². The molecule has 3 heterocycles. The molecule has 0 amide bonds. The highest BCUT2D eigenvalue weighted by atomic mass is 32.1. The summed E-state index contributed by atoms with van der Waals surface area (Å²) in [4.78, 5) is 11.9. The molecule has 0 radical (unpaired) electrons. The summed E-state index contributed by atoms with van der Waals surface area (Å²) in [5.74, 6) is 1.39. The van der Waals surface area contributed by atoms with Gasteiger partial charge in [-0.3, -0.25) is 0 Å². The molecule has 1 aliphatic rings. The van der Waals surface area contributed by atoms with Crippen LogP contribution in [0.15, 0.2) is 42.6 Å². The number of hydrogen-bond acceptors (Lipinski definition) is 6. The van der Waals surface area contributed by atoms with Gasteiger partial charge in [-0.05, 0) is 49.3 Å². The minimum Gasteiger partial charge on any atom is -0.437 e. The molecule has 0 spiro atoms. The lowest BCUT2D eigenvalue weighted by molar-refractivity contribution is 0.442. The first-order valence-corrected chi connectivity index (χ1v) is 12.0. The molecule has 4 rings (SSSR count). The molecule has 0 saturated carbocycles. The number of pyridine rings is 1. The fourth-order valence-corrected chi connectivity index (χ4v) is 5.05. The number of thiazole rings is 1. The van der Waals surface area contributed by atoms with E-state index in [2.05, 4.69) is 55.0 Å². The van der Waals surface area contributed by atoms with Gasteiger partial charge in [0.1, 0.15) is 16.4 Å². The molecule has 1 fully saturated rings.